The van der Waals surface area contributed by atoms with Gasteiger partial charge < -0.3 is 63.8 Å². The van der Waals surface area contributed by atoms with Crippen LogP contribution in [0.3, 0.4) is 0 Å². The molecule has 0 aliphatic carbocycles. The van der Waals surface area contributed by atoms with Crippen LogP contribution in [0.25, 0.3) is 0 Å². The highest BCUT2D eigenvalue weighted by molar-refractivity contribution is 7.90. The van der Waals surface area contributed by atoms with E-state index >= 15 is 0 Å². The van der Waals surface area contributed by atoms with Crippen molar-refractivity contribution >= 4 is 15.8 Å². The predicted octanol–water partition coefficient (Wildman–Crippen LogP) is 3.40. The van der Waals surface area contributed by atoms with Gasteiger partial charge in [0.05, 0.1) is 53.3 Å². The lowest BCUT2D eigenvalue weighted by atomic mass is 9.77. The zero-order chi connectivity index (χ0) is 54.7. The number of carbonyl (C=O) groups is 1. The maximum Gasteiger partial charge on any atom is 0.311 e. The van der Waals surface area contributed by atoms with E-state index in [9.17, 15) is 47.5 Å². The number of sulfone groups is 1. The number of aliphatic hydroxyl groups is 5. The van der Waals surface area contributed by atoms with Crippen LogP contribution in [0.2, 0.25) is 0 Å². The number of carbonyl (C=O) groups excluding carboxylic acids is 1. The molecule has 2 aromatic rings. The van der Waals surface area contributed by atoms with Crippen molar-refractivity contribution in [2.75, 3.05) is 47.2 Å². The maximum absolute atomic E-state index is 14.7. The molecular weight excluding hydrogens is 977 g/mol. The molecule has 19 nitrogen and oxygen atoms in total. The summed E-state index contributed by atoms with van der Waals surface area (Å²) in [5, 5.41) is 68.0. The maximum atomic E-state index is 14.7. The molecule has 22 heteroatoms. The van der Waals surface area contributed by atoms with Crippen molar-refractivity contribution in [1.82, 2.24) is 24.8 Å². The van der Waals surface area contributed by atoms with E-state index in [1.807, 2.05) is 37.7 Å². The number of alkyl halides is 1. The van der Waals surface area contributed by atoms with Gasteiger partial charge in [-0.25, -0.2) is 21.9 Å². The lowest BCUT2D eigenvalue weighted by Gasteiger charge is -2.49. The topological polar surface area (TPSA) is 245 Å². The molecule has 0 radical (unpaired) electrons. The summed E-state index contributed by atoms with van der Waals surface area (Å²) in [7, 11) is 1.34. The molecule has 0 amide bonds. The average Bonchev–Trinajstić information content (AvgIpc) is 3.79. The number of nitrogens with zero attached hydrogens (tertiary/aromatic N) is 5. The SMILES string of the molecule is CC[C@H]1OC(=O)[C@H](C)[C@@H](O[C@H]2C[C@@](C)(OC)[C@@H](O)[C@H](C)O2)[C@H](C)[C@@H](O[C@@H]2O[C@H](C)C[C@H](N(C)CCc3cn([C@H](CF)Cc4ccc(S(C)(=O)=O)c(F)c4)nn3)[C@H]2O)[C@](C)(O)C[C@@H](C)CN(C)[C@H](C)[C@@H](O)[C@]1(C)O. The fourth-order valence-electron chi connectivity index (χ4n) is 11.2. The number of rotatable bonds is 15. The summed E-state index contributed by atoms with van der Waals surface area (Å²) in [6.45, 7) is 17.1. The van der Waals surface area contributed by atoms with Gasteiger partial charge in [-0.3, -0.25) is 4.79 Å². The molecule has 1 aromatic heterocycles. The normalized spacial score (nSPS) is 39.4. The summed E-state index contributed by atoms with van der Waals surface area (Å²) in [6, 6.07) is 1.70. The second-order valence-corrected chi connectivity index (χ2v) is 24.2. The summed E-state index contributed by atoms with van der Waals surface area (Å²) < 4.78 is 92.4. The smallest absolute Gasteiger partial charge is 0.311 e. The van der Waals surface area contributed by atoms with Gasteiger partial charge in [-0.05, 0) is 112 Å². The van der Waals surface area contributed by atoms with Gasteiger partial charge in [0, 0.05) is 63.5 Å². The lowest BCUT2D eigenvalue weighted by molar-refractivity contribution is -0.318. The van der Waals surface area contributed by atoms with Crippen molar-refractivity contribution in [2.24, 2.45) is 17.8 Å². The van der Waals surface area contributed by atoms with Gasteiger partial charge >= 0.3 is 5.97 Å². The highest BCUT2D eigenvalue weighted by Crippen LogP contribution is 2.40. The van der Waals surface area contributed by atoms with Crippen molar-refractivity contribution in [3.05, 3.63) is 41.5 Å². The van der Waals surface area contributed by atoms with Crippen LogP contribution in [0.1, 0.15) is 112 Å². The Balaban J connectivity index is 1.43. The van der Waals surface area contributed by atoms with Gasteiger partial charge in [0.2, 0.25) is 0 Å². The molecule has 3 aliphatic rings. The molecule has 0 saturated carbocycles. The van der Waals surface area contributed by atoms with Crippen LogP contribution >= 0.6 is 0 Å². The van der Waals surface area contributed by atoms with Crippen molar-refractivity contribution in [3.63, 3.8) is 0 Å². The van der Waals surface area contributed by atoms with E-state index in [0.29, 0.717) is 37.2 Å². The van der Waals surface area contributed by atoms with Crippen molar-refractivity contribution in [1.29, 1.82) is 0 Å². The Morgan fingerprint density at radius 1 is 1.01 bits per heavy atom. The minimum absolute atomic E-state index is 0.0306. The van der Waals surface area contributed by atoms with Gasteiger partial charge in [-0.1, -0.05) is 32.1 Å². The second kappa shape index (κ2) is 24.7. The molecule has 19 atom stereocenters. The van der Waals surface area contributed by atoms with Crippen molar-refractivity contribution in [2.45, 2.75) is 209 Å². The Hall–Kier alpha value is -2.84. The fraction of sp³-hybridized carbons (Fsp3) is 0.824. The molecule has 0 bridgehead atoms. The van der Waals surface area contributed by atoms with E-state index in [-0.39, 0.29) is 31.6 Å². The first-order valence-corrected chi connectivity index (χ1v) is 27.5. The number of hydrogen-bond donors (Lipinski definition) is 5. The molecule has 4 heterocycles. The number of aliphatic hydroxyl groups excluding tert-OH is 3. The molecule has 0 spiro atoms. The van der Waals surface area contributed by atoms with E-state index in [2.05, 4.69) is 10.3 Å². The summed E-state index contributed by atoms with van der Waals surface area (Å²) >= 11 is 0. The first-order valence-electron chi connectivity index (χ1n) is 25.6. The largest absolute Gasteiger partial charge is 0.459 e. The Morgan fingerprint density at radius 3 is 2.29 bits per heavy atom. The van der Waals surface area contributed by atoms with Crippen LogP contribution in [-0.2, 0) is 55.9 Å². The number of benzene rings is 1. The van der Waals surface area contributed by atoms with Gasteiger partial charge in [0.15, 0.2) is 22.4 Å². The number of halogens is 2. The number of ether oxygens (including phenoxy) is 6. The van der Waals surface area contributed by atoms with Crippen LogP contribution in [-0.4, -0.2) is 202 Å². The molecule has 3 aliphatic heterocycles. The Morgan fingerprint density at radius 2 is 1.68 bits per heavy atom. The molecule has 5 N–H and O–H groups in total. The highest BCUT2D eigenvalue weighted by Gasteiger charge is 2.53. The van der Waals surface area contributed by atoms with Crippen molar-refractivity contribution in [3.8, 4) is 0 Å². The molecule has 418 valence electrons. The van der Waals surface area contributed by atoms with Crippen molar-refractivity contribution < 1.29 is 75.9 Å². The van der Waals surface area contributed by atoms with E-state index < -0.39 is 141 Å². The number of cyclic esters (lactones) is 1. The van der Waals surface area contributed by atoms with E-state index in [0.717, 1.165) is 18.4 Å². The highest BCUT2D eigenvalue weighted by atomic mass is 32.2. The van der Waals surface area contributed by atoms with E-state index in [1.165, 1.54) is 24.8 Å². The summed E-state index contributed by atoms with van der Waals surface area (Å²) in [5.74, 6) is -3.89. The quantitative estimate of drug-likeness (QED) is 0.161. The summed E-state index contributed by atoms with van der Waals surface area (Å²) in [4.78, 5) is 17.9. The van der Waals surface area contributed by atoms with Gasteiger partial charge in [-0.2, -0.15) is 0 Å². The molecule has 0 unspecified atom stereocenters. The predicted molar refractivity (Wildman–Crippen MR) is 265 cm³/mol. The molecule has 5 rings (SSSR count). The Bertz CT molecular complexity index is 2230. The summed E-state index contributed by atoms with van der Waals surface area (Å²) in [5.41, 5.74) is -3.74. The zero-order valence-corrected chi connectivity index (χ0v) is 46.0. The molecular formula is C51H85F2N5O14S. The summed E-state index contributed by atoms with van der Waals surface area (Å²) in [6.07, 6.45) is -6.93. The van der Waals surface area contributed by atoms with Crippen LogP contribution < -0.4 is 0 Å². The average molecular weight is 1060 g/mol. The second-order valence-electron chi connectivity index (χ2n) is 22.2. The molecule has 3 saturated heterocycles. The minimum Gasteiger partial charge on any atom is -0.459 e. The van der Waals surface area contributed by atoms with Crippen LogP contribution in [0.15, 0.2) is 29.3 Å². The van der Waals surface area contributed by atoms with Gasteiger partial charge in [0.1, 0.15) is 47.4 Å². The third kappa shape index (κ3) is 14.4. The van der Waals surface area contributed by atoms with Crippen LogP contribution in [0, 0.1) is 23.6 Å². The Kier molecular flexibility index (Phi) is 20.6. The number of aromatic nitrogens is 3. The first kappa shape index (κ1) is 61.0. The molecule has 3 fully saturated rings. The van der Waals surface area contributed by atoms with E-state index in [4.69, 9.17) is 28.4 Å². The van der Waals surface area contributed by atoms with E-state index in [1.54, 1.807) is 54.7 Å². The molecule has 73 heavy (non-hydrogen) atoms. The third-order valence-electron chi connectivity index (χ3n) is 15.8. The van der Waals surface area contributed by atoms with Crippen LogP contribution in [0.5, 0.6) is 0 Å². The number of likely N-dealkylation sites (N-methyl/N-ethyl adjacent to an activating group) is 2. The third-order valence-corrected chi connectivity index (χ3v) is 16.9. The number of esters is 1. The standard InChI is InChI=1S/C51H85F2N5O14S/c1-15-40-51(10,64)44(60)32(6)57(12)26-28(2)23-49(8,63)46(30(4)43(31(5)47(62)70-40)71-41-24-50(9,67-13)45(61)33(7)69-41)72-48-42(59)38(20-29(3)68-48)56(11)19-18-35-27-58(55-54-35)36(25-52)21-34-16-17-39(37(53)22-34)73(14,65)66/h16-17,22,27-33,36,38,40-46,48,59-61,63-64H,15,18-21,23-26H2,1-14H3/t28-,29-,30+,31-,32-,33+,36+,38+,40-,41+,42-,43+,44-,45+,46-,48+,49-,50-,51-/m1/s1. The monoisotopic (exact) mass is 1060 g/mol. The Labute approximate surface area is 430 Å². The van der Waals surface area contributed by atoms with Gasteiger partial charge in [0.25, 0.3) is 0 Å². The first-order chi connectivity index (χ1) is 33.9. The minimum atomic E-state index is -3.78. The van der Waals surface area contributed by atoms with Gasteiger partial charge in [-0.15, -0.1) is 5.10 Å². The number of hydrogen-bond acceptors (Lipinski definition) is 18. The molecule has 1 aromatic carbocycles. The lowest BCUT2D eigenvalue weighted by Crippen LogP contribution is -2.61. The fourth-order valence-corrected chi connectivity index (χ4v) is 11.9. The number of methoxy groups -OCH3 is 1. The zero-order valence-electron chi connectivity index (χ0n) is 45.2. The van der Waals surface area contributed by atoms with Crippen LogP contribution in [0.4, 0.5) is 8.78 Å².